The number of amides is 1. The van der Waals surface area contributed by atoms with Crippen molar-refractivity contribution in [2.24, 2.45) is 5.92 Å². The minimum Gasteiger partial charge on any atom is -0.466 e. The summed E-state index contributed by atoms with van der Waals surface area (Å²) < 4.78 is 10.8. The van der Waals surface area contributed by atoms with Crippen LogP contribution in [0, 0.1) is 5.92 Å². The highest BCUT2D eigenvalue weighted by Crippen LogP contribution is 2.30. The molecule has 8 heteroatoms. The van der Waals surface area contributed by atoms with E-state index >= 15 is 0 Å². The third-order valence-electron chi connectivity index (χ3n) is 4.63. The van der Waals surface area contributed by atoms with E-state index in [1.807, 2.05) is 35.2 Å². The molecule has 3 rings (SSSR count). The molecule has 1 aromatic heterocycles. The van der Waals surface area contributed by atoms with Gasteiger partial charge in [0.05, 0.1) is 18.9 Å². The van der Waals surface area contributed by atoms with Crippen LogP contribution < -0.4 is 15.0 Å². The van der Waals surface area contributed by atoms with Crippen molar-refractivity contribution in [2.75, 3.05) is 31.1 Å². The molecule has 2 aromatic rings. The zero-order chi connectivity index (χ0) is 20.5. The minimum atomic E-state index is -0.305. The van der Waals surface area contributed by atoms with Gasteiger partial charge in [0.1, 0.15) is 5.75 Å². The second kappa shape index (κ2) is 10.4. The number of piperidine rings is 1. The van der Waals surface area contributed by atoms with E-state index in [9.17, 15) is 9.59 Å². The summed E-state index contributed by atoms with van der Waals surface area (Å²) in [4.78, 5) is 34.8. The maximum Gasteiger partial charge on any atom is 0.307 e. The molecule has 1 aliphatic heterocycles. The van der Waals surface area contributed by atoms with E-state index in [1.165, 1.54) is 0 Å². The third kappa shape index (κ3) is 5.91. The molecular formula is C21H26N4O4. The standard InChI is InChI=1S/C21H26N4O4/c1-2-28-18(26)10-11-23-20(27)16-7-6-14-25(15-16)19-21(24-13-12-22-19)29-17-8-4-3-5-9-17/h3-5,8-9,12-13,16H,2,6-7,10-11,14-15H2,1H3,(H,23,27)/t16-/m1/s1. The lowest BCUT2D eigenvalue weighted by atomic mass is 9.97. The Hall–Kier alpha value is -3.16. The summed E-state index contributed by atoms with van der Waals surface area (Å²) >= 11 is 0. The molecule has 29 heavy (non-hydrogen) atoms. The number of benzene rings is 1. The Morgan fingerprint density at radius 2 is 2.00 bits per heavy atom. The normalized spacial score (nSPS) is 16.2. The smallest absolute Gasteiger partial charge is 0.307 e. The Bertz CT molecular complexity index is 815. The van der Waals surface area contributed by atoms with E-state index in [0.717, 1.165) is 19.4 Å². The van der Waals surface area contributed by atoms with Gasteiger partial charge in [-0.1, -0.05) is 18.2 Å². The number of aromatic nitrogens is 2. The quantitative estimate of drug-likeness (QED) is 0.683. The molecule has 1 amide bonds. The van der Waals surface area contributed by atoms with Crippen LogP contribution in [-0.4, -0.2) is 48.1 Å². The van der Waals surface area contributed by atoms with Gasteiger partial charge in [0, 0.05) is 32.0 Å². The number of carbonyl (C=O) groups excluding carboxylic acids is 2. The summed E-state index contributed by atoms with van der Waals surface area (Å²) in [6, 6.07) is 9.41. The van der Waals surface area contributed by atoms with Gasteiger partial charge in [0.25, 0.3) is 5.88 Å². The summed E-state index contributed by atoms with van der Waals surface area (Å²) in [7, 11) is 0. The van der Waals surface area contributed by atoms with E-state index in [1.54, 1.807) is 19.3 Å². The average Bonchev–Trinajstić information content (AvgIpc) is 2.75. The Morgan fingerprint density at radius 3 is 2.79 bits per heavy atom. The van der Waals surface area contributed by atoms with Crippen molar-refractivity contribution in [3.8, 4) is 11.6 Å². The van der Waals surface area contributed by atoms with Crippen LogP contribution in [0.3, 0.4) is 0 Å². The highest BCUT2D eigenvalue weighted by atomic mass is 16.5. The highest BCUT2D eigenvalue weighted by molar-refractivity contribution is 5.80. The van der Waals surface area contributed by atoms with Crippen LogP contribution >= 0.6 is 0 Å². The van der Waals surface area contributed by atoms with Gasteiger partial charge < -0.3 is 19.7 Å². The third-order valence-corrected chi connectivity index (χ3v) is 4.63. The number of para-hydroxylation sites is 1. The fourth-order valence-electron chi connectivity index (χ4n) is 3.26. The number of hydrogen-bond acceptors (Lipinski definition) is 7. The van der Waals surface area contributed by atoms with Crippen molar-refractivity contribution in [2.45, 2.75) is 26.2 Å². The van der Waals surface area contributed by atoms with Gasteiger partial charge in [-0.05, 0) is 31.9 Å². The van der Waals surface area contributed by atoms with Crippen LogP contribution in [0.5, 0.6) is 11.6 Å². The summed E-state index contributed by atoms with van der Waals surface area (Å²) in [6.07, 6.45) is 5.03. The second-order valence-corrected chi connectivity index (χ2v) is 6.73. The lowest BCUT2D eigenvalue weighted by Gasteiger charge is -2.33. The van der Waals surface area contributed by atoms with Gasteiger partial charge in [-0.2, -0.15) is 0 Å². The van der Waals surface area contributed by atoms with Crippen molar-refractivity contribution in [3.05, 3.63) is 42.7 Å². The van der Waals surface area contributed by atoms with Crippen LogP contribution in [0.1, 0.15) is 26.2 Å². The molecule has 1 aliphatic rings. The lowest BCUT2D eigenvalue weighted by molar-refractivity contribution is -0.143. The first-order valence-electron chi connectivity index (χ1n) is 9.89. The van der Waals surface area contributed by atoms with Crippen molar-refractivity contribution in [3.63, 3.8) is 0 Å². The summed E-state index contributed by atoms with van der Waals surface area (Å²) in [6.45, 7) is 3.68. The maximum atomic E-state index is 12.5. The van der Waals surface area contributed by atoms with Crippen molar-refractivity contribution >= 4 is 17.7 Å². The van der Waals surface area contributed by atoms with Gasteiger partial charge in [0.2, 0.25) is 5.91 Å². The summed E-state index contributed by atoms with van der Waals surface area (Å²) in [5.74, 6) is 1.17. The maximum absolute atomic E-state index is 12.5. The predicted molar refractivity (Wildman–Crippen MR) is 108 cm³/mol. The van der Waals surface area contributed by atoms with Gasteiger partial charge in [-0.15, -0.1) is 0 Å². The van der Waals surface area contributed by atoms with E-state index in [0.29, 0.717) is 30.6 Å². The second-order valence-electron chi connectivity index (χ2n) is 6.73. The number of esters is 1. The number of nitrogens with zero attached hydrogens (tertiary/aromatic N) is 3. The Morgan fingerprint density at radius 1 is 1.21 bits per heavy atom. The Kier molecular flexibility index (Phi) is 7.38. The molecule has 0 radical (unpaired) electrons. The largest absolute Gasteiger partial charge is 0.466 e. The minimum absolute atomic E-state index is 0.0617. The highest BCUT2D eigenvalue weighted by Gasteiger charge is 2.28. The monoisotopic (exact) mass is 398 g/mol. The molecule has 0 bridgehead atoms. The van der Waals surface area contributed by atoms with Crippen LogP contribution in [-0.2, 0) is 14.3 Å². The molecule has 154 valence electrons. The zero-order valence-corrected chi connectivity index (χ0v) is 16.5. The number of carbonyl (C=O) groups is 2. The lowest BCUT2D eigenvalue weighted by Crippen LogP contribution is -2.44. The molecule has 0 saturated carbocycles. The molecule has 1 N–H and O–H groups in total. The molecule has 1 aromatic carbocycles. The summed E-state index contributed by atoms with van der Waals surface area (Å²) in [5.41, 5.74) is 0. The molecule has 1 atom stereocenters. The Balaban J connectivity index is 1.60. The van der Waals surface area contributed by atoms with Gasteiger partial charge in [-0.3, -0.25) is 9.59 Å². The number of rotatable bonds is 8. The van der Waals surface area contributed by atoms with E-state index in [4.69, 9.17) is 9.47 Å². The molecule has 8 nitrogen and oxygen atoms in total. The van der Waals surface area contributed by atoms with Gasteiger partial charge in [0.15, 0.2) is 5.82 Å². The van der Waals surface area contributed by atoms with Crippen molar-refractivity contribution < 1.29 is 19.1 Å². The molecule has 2 heterocycles. The molecule has 0 unspecified atom stereocenters. The van der Waals surface area contributed by atoms with Crippen LogP contribution in [0.25, 0.3) is 0 Å². The van der Waals surface area contributed by atoms with Gasteiger partial charge in [-0.25, -0.2) is 9.97 Å². The van der Waals surface area contributed by atoms with E-state index in [2.05, 4.69) is 15.3 Å². The first-order chi connectivity index (χ1) is 14.2. The number of anilines is 1. The van der Waals surface area contributed by atoms with Crippen LogP contribution in [0.4, 0.5) is 5.82 Å². The first kappa shape index (κ1) is 20.6. The molecular weight excluding hydrogens is 372 g/mol. The molecule has 1 saturated heterocycles. The van der Waals surface area contributed by atoms with Crippen molar-refractivity contribution in [1.82, 2.24) is 15.3 Å². The number of nitrogens with one attached hydrogen (secondary N) is 1. The number of hydrogen-bond donors (Lipinski definition) is 1. The van der Waals surface area contributed by atoms with E-state index < -0.39 is 0 Å². The summed E-state index contributed by atoms with van der Waals surface area (Å²) in [5, 5.41) is 2.83. The molecule has 0 aliphatic carbocycles. The molecule has 1 fully saturated rings. The Labute approximate surface area is 170 Å². The average molecular weight is 398 g/mol. The van der Waals surface area contributed by atoms with Gasteiger partial charge >= 0.3 is 5.97 Å². The first-order valence-corrected chi connectivity index (χ1v) is 9.89. The van der Waals surface area contributed by atoms with Crippen LogP contribution in [0.15, 0.2) is 42.7 Å². The molecule has 0 spiro atoms. The topological polar surface area (TPSA) is 93.7 Å². The van der Waals surface area contributed by atoms with Crippen molar-refractivity contribution in [1.29, 1.82) is 0 Å². The van der Waals surface area contributed by atoms with E-state index in [-0.39, 0.29) is 30.8 Å². The SMILES string of the molecule is CCOC(=O)CCNC(=O)[C@@H]1CCCN(c2nccnc2Oc2ccccc2)C1. The zero-order valence-electron chi connectivity index (χ0n) is 16.5. The number of ether oxygens (including phenoxy) is 2. The predicted octanol–water partition coefficient (Wildman–Crippen LogP) is 2.55. The fourth-order valence-corrected chi connectivity index (χ4v) is 3.26. The van der Waals surface area contributed by atoms with Crippen LogP contribution in [0.2, 0.25) is 0 Å². The fraction of sp³-hybridized carbons (Fsp3) is 0.429.